The molecule has 0 spiro atoms. The van der Waals surface area contributed by atoms with Gasteiger partial charge in [0.25, 0.3) is 0 Å². The van der Waals surface area contributed by atoms with E-state index in [0.29, 0.717) is 19.3 Å². The molecule has 1 unspecified atom stereocenters. The van der Waals surface area contributed by atoms with Crippen LogP contribution in [-0.4, -0.2) is 37.2 Å². The molecule has 0 saturated heterocycles. The summed E-state index contributed by atoms with van der Waals surface area (Å²) in [5.74, 6) is -0.858. The average Bonchev–Trinajstić information content (AvgIpc) is 3.47. The Hall–Kier alpha value is -2.89. The van der Waals surface area contributed by atoms with Crippen molar-refractivity contribution in [2.24, 2.45) is 0 Å². The summed E-state index contributed by atoms with van der Waals surface area (Å²) in [7, 11) is 0. The van der Waals surface area contributed by atoms with Gasteiger partial charge in [-0.15, -0.1) is 0 Å². The van der Waals surface area contributed by atoms with E-state index in [9.17, 15) is 14.4 Å². The summed E-state index contributed by atoms with van der Waals surface area (Å²) in [5.41, 5.74) is 0. The average molecular weight is 1130 g/mol. The third kappa shape index (κ3) is 67.8. The van der Waals surface area contributed by atoms with Crippen LogP contribution in [0.1, 0.15) is 380 Å². The number of unbranched alkanes of at least 4 members (excludes halogenated alkanes) is 45. The molecule has 0 rings (SSSR count). The molecule has 472 valence electrons. The second-order valence-corrected chi connectivity index (χ2v) is 24.1. The molecule has 0 aliphatic heterocycles. The second kappa shape index (κ2) is 69.6. The minimum absolute atomic E-state index is 0.0736. The van der Waals surface area contributed by atoms with Gasteiger partial charge in [-0.05, 0) is 89.9 Å². The van der Waals surface area contributed by atoms with Crippen molar-refractivity contribution in [2.75, 3.05) is 13.2 Å². The van der Waals surface area contributed by atoms with E-state index in [1.165, 1.54) is 257 Å². The number of rotatable bonds is 66. The number of ether oxygens (including phenoxy) is 3. The van der Waals surface area contributed by atoms with Gasteiger partial charge in [0.2, 0.25) is 0 Å². The Morgan fingerprint density at radius 1 is 0.247 bits per heavy atom. The maximum absolute atomic E-state index is 13.0. The van der Waals surface area contributed by atoms with Crippen LogP contribution in [0.4, 0.5) is 0 Å². The molecule has 0 aromatic carbocycles. The predicted molar refractivity (Wildman–Crippen MR) is 353 cm³/mol. The Labute approximate surface area is 504 Å². The van der Waals surface area contributed by atoms with Gasteiger partial charge in [-0.3, -0.25) is 14.4 Å². The lowest BCUT2D eigenvalue weighted by Crippen LogP contribution is -2.30. The number of carbonyl (C=O) groups excluding carboxylic acids is 3. The van der Waals surface area contributed by atoms with Gasteiger partial charge in [0.1, 0.15) is 13.2 Å². The van der Waals surface area contributed by atoms with E-state index < -0.39 is 6.10 Å². The lowest BCUT2D eigenvalue weighted by atomic mass is 10.0. The van der Waals surface area contributed by atoms with Crippen LogP contribution in [0, 0.1) is 0 Å². The minimum Gasteiger partial charge on any atom is -0.462 e. The monoisotopic (exact) mass is 1130 g/mol. The fourth-order valence-corrected chi connectivity index (χ4v) is 10.6. The normalized spacial score (nSPS) is 12.4. The van der Waals surface area contributed by atoms with Crippen LogP contribution in [0.25, 0.3) is 0 Å². The van der Waals surface area contributed by atoms with Crippen LogP contribution in [0.3, 0.4) is 0 Å². The summed E-state index contributed by atoms with van der Waals surface area (Å²) < 4.78 is 17.0. The number of allylic oxidation sites excluding steroid dienone is 10. The maximum Gasteiger partial charge on any atom is 0.306 e. The Morgan fingerprint density at radius 2 is 0.444 bits per heavy atom. The van der Waals surface area contributed by atoms with Gasteiger partial charge < -0.3 is 14.2 Å². The van der Waals surface area contributed by atoms with E-state index in [2.05, 4.69) is 81.5 Å². The van der Waals surface area contributed by atoms with Crippen molar-refractivity contribution in [1.82, 2.24) is 0 Å². The van der Waals surface area contributed by atoms with Crippen molar-refractivity contribution in [3.05, 3.63) is 60.8 Å². The van der Waals surface area contributed by atoms with Gasteiger partial charge in [0, 0.05) is 19.3 Å². The molecule has 81 heavy (non-hydrogen) atoms. The number of hydrogen-bond acceptors (Lipinski definition) is 6. The van der Waals surface area contributed by atoms with Gasteiger partial charge in [-0.1, -0.05) is 332 Å². The van der Waals surface area contributed by atoms with E-state index in [-0.39, 0.29) is 31.1 Å². The zero-order valence-corrected chi connectivity index (χ0v) is 54.3. The molecule has 0 heterocycles. The van der Waals surface area contributed by atoms with Gasteiger partial charge >= 0.3 is 17.9 Å². The van der Waals surface area contributed by atoms with E-state index in [1.807, 2.05) is 0 Å². The summed E-state index contributed by atoms with van der Waals surface area (Å²) in [5, 5.41) is 0. The SMILES string of the molecule is CCCCCC/C=C\C/C=C\CCCCCCCCCC(=O)OC(COC(=O)CCCCCCCCCCCCCC/C=C\C/C=C\C/C=C\CCCCCCC)COC(=O)CCCCCCCCCCCCCCCCCCCC. The number of carbonyl (C=O) groups is 3. The molecule has 1 atom stereocenters. The molecule has 6 heteroatoms. The van der Waals surface area contributed by atoms with Crippen molar-refractivity contribution >= 4 is 17.9 Å². The highest BCUT2D eigenvalue weighted by Crippen LogP contribution is 2.18. The van der Waals surface area contributed by atoms with Crippen LogP contribution >= 0.6 is 0 Å². The van der Waals surface area contributed by atoms with Gasteiger partial charge in [-0.25, -0.2) is 0 Å². The second-order valence-electron chi connectivity index (χ2n) is 24.1. The standard InChI is InChI=1S/C75H136O6/c1-4-7-10-13-16-19-22-25-28-31-34-35-36-37-38-39-40-41-42-45-47-50-53-56-59-62-65-68-74(77)80-71-72(81-75(78)69-66-63-60-57-54-51-48-44-33-30-27-24-21-18-15-12-9-6-3)70-79-73(76)67-64-61-58-55-52-49-46-43-32-29-26-23-20-17-14-11-8-5-2/h21-22,24-25,30-31,33-34,36-37,72H,4-20,23,26-29,32,35,38-71H2,1-3H3/b24-21-,25-22-,33-30-,34-31-,37-36-. The maximum atomic E-state index is 13.0. The quantitative estimate of drug-likeness (QED) is 0.0261. The molecule has 0 radical (unpaired) electrons. The highest BCUT2D eigenvalue weighted by Gasteiger charge is 2.19. The van der Waals surface area contributed by atoms with Crippen molar-refractivity contribution in [1.29, 1.82) is 0 Å². The Morgan fingerprint density at radius 3 is 0.704 bits per heavy atom. The van der Waals surface area contributed by atoms with E-state index in [0.717, 1.165) is 83.5 Å². The zero-order chi connectivity index (χ0) is 58.5. The van der Waals surface area contributed by atoms with Crippen LogP contribution in [-0.2, 0) is 28.6 Å². The smallest absolute Gasteiger partial charge is 0.306 e. The lowest BCUT2D eigenvalue weighted by molar-refractivity contribution is -0.167. The van der Waals surface area contributed by atoms with Crippen LogP contribution in [0.5, 0.6) is 0 Å². The highest BCUT2D eigenvalue weighted by atomic mass is 16.6. The predicted octanol–water partition coefficient (Wildman–Crippen LogP) is 24.7. The first-order valence-electron chi connectivity index (χ1n) is 35.8. The summed E-state index contributed by atoms with van der Waals surface area (Å²) in [6, 6.07) is 0. The molecule has 0 aliphatic carbocycles. The van der Waals surface area contributed by atoms with Crippen LogP contribution < -0.4 is 0 Å². The number of hydrogen-bond donors (Lipinski definition) is 0. The Kier molecular flexibility index (Phi) is 67.1. The van der Waals surface area contributed by atoms with Crippen molar-refractivity contribution < 1.29 is 28.6 Å². The van der Waals surface area contributed by atoms with Gasteiger partial charge in [0.05, 0.1) is 0 Å². The van der Waals surface area contributed by atoms with Crippen molar-refractivity contribution in [3.8, 4) is 0 Å². The fraction of sp³-hybridized carbons (Fsp3) is 0.827. The van der Waals surface area contributed by atoms with Crippen molar-refractivity contribution in [2.45, 2.75) is 386 Å². The molecule has 0 aliphatic rings. The summed E-state index contributed by atoms with van der Waals surface area (Å²) in [6.07, 6.45) is 89.5. The molecule has 0 saturated carbocycles. The molecule has 0 N–H and O–H groups in total. The first kappa shape index (κ1) is 78.1. The van der Waals surface area contributed by atoms with Crippen LogP contribution in [0.2, 0.25) is 0 Å². The third-order valence-corrected chi connectivity index (χ3v) is 16.0. The molecule has 0 bridgehead atoms. The van der Waals surface area contributed by atoms with Crippen molar-refractivity contribution in [3.63, 3.8) is 0 Å². The largest absolute Gasteiger partial charge is 0.462 e. The highest BCUT2D eigenvalue weighted by molar-refractivity contribution is 5.71. The van der Waals surface area contributed by atoms with E-state index in [4.69, 9.17) is 14.2 Å². The third-order valence-electron chi connectivity index (χ3n) is 16.0. The van der Waals surface area contributed by atoms with E-state index in [1.54, 1.807) is 0 Å². The molecule has 0 fully saturated rings. The minimum atomic E-state index is -0.779. The van der Waals surface area contributed by atoms with Gasteiger partial charge in [-0.2, -0.15) is 0 Å². The van der Waals surface area contributed by atoms with Crippen LogP contribution in [0.15, 0.2) is 60.8 Å². The first-order chi connectivity index (χ1) is 40.0. The topological polar surface area (TPSA) is 78.9 Å². The first-order valence-corrected chi connectivity index (χ1v) is 35.8. The van der Waals surface area contributed by atoms with Gasteiger partial charge in [0.15, 0.2) is 6.10 Å². The summed E-state index contributed by atoms with van der Waals surface area (Å²) >= 11 is 0. The number of esters is 3. The Bertz CT molecular complexity index is 1440. The zero-order valence-electron chi connectivity index (χ0n) is 54.3. The molecule has 0 amide bonds. The molecule has 0 aromatic rings. The molecular weight excluding hydrogens is 997 g/mol. The molecular formula is C75H136O6. The lowest BCUT2D eigenvalue weighted by Gasteiger charge is -2.18. The molecule has 0 aromatic heterocycles. The Balaban J connectivity index is 4.30. The fourth-order valence-electron chi connectivity index (χ4n) is 10.6. The summed E-state index contributed by atoms with van der Waals surface area (Å²) in [6.45, 7) is 6.67. The molecule has 6 nitrogen and oxygen atoms in total. The summed E-state index contributed by atoms with van der Waals surface area (Å²) in [4.78, 5) is 38.5. The van der Waals surface area contributed by atoms with E-state index >= 15 is 0 Å².